The molecule has 2 aliphatic heterocycles. The number of sulfonamides is 1. The maximum atomic E-state index is 12.3. The predicted molar refractivity (Wildman–Crippen MR) is 77.4 cm³/mol. The molecule has 20 heavy (non-hydrogen) atoms. The normalized spacial score (nSPS) is 24.9. The molecule has 0 amide bonds. The fourth-order valence-corrected chi connectivity index (χ4v) is 3.31. The summed E-state index contributed by atoms with van der Waals surface area (Å²) < 4.78 is 25.6. The molecule has 0 saturated carbocycles. The van der Waals surface area contributed by atoms with Crippen LogP contribution in [-0.2, 0) is 14.9 Å². The molecule has 1 fully saturated rings. The molecule has 2 unspecified atom stereocenters. The summed E-state index contributed by atoms with van der Waals surface area (Å²) in [6.07, 6.45) is 5.23. The number of benzene rings is 1. The van der Waals surface area contributed by atoms with Crippen LogP contribution < -0.4 is 0 Å². The van der Waals surface area contributed by atoms with Gasteiger partial charge in [0.1, 0.15) is 0 Å². The van der Waals surface area contributed by atoms with E-state index < -0.39 is 16.3 Å². The highest BCUT2D eigenvalue weighted by molar-refractivity contribution is 7.89. The van der Waals surface area contributed by atoms with E-state index in [-0.39, 0.29) is 17.3 Å². The van der Waals surface area contributed by atoms with Crippen LogP contribution in [0.5, 0.6) is 0 Å². The minimum absolute atomic E-state index is 0. The fourth-order valence-electron chi connectivity index (χ4n) is 2.02. The molecule has 1 aromatic carbocycles. The minimum Gasteiger partial charge on any atom is -0.376 e. The molecule has 0 N–H and O–H groups in total. The van der Waals surface area contributed by atoms with Crippen molar-refractivity contribution >= 4 is 22.4 Å². The number of halogens is 1. The molecule has 2 aliphatic rings. The first-order valence-corrected chi connectivity index (χ1v) is 7.37. The maximum absolute atomic E-state index is 12.3. The zero-order chi connectivity index (χ0) is 13.5. The van der Waals surface area contributed by atoms with Crippen molar-refractivity contribution in [1.82, 2.24) is 9.37 Å². The number of hydroxylamine groups is 1. The van der Waals surface area contributed by atoms with Crippen LogP contribution in [0.3, 0.4) is 0 Å². The van der Waals surface area contributed by atoms with Crippen molar-refractivity contribution in [1.29, 1.82) is 0 Å². The van der Waals surface area contributed by atoms with Gasteiger partial charge in [-0.3, -0.25) is 4.84 Å². The Hall–Kier alpha value is -1.34. The summed E-state index contributed by atoms with van der Waals surface area (Å²) in [5.74, 6) is 0. The average molecular weight is 315 g/mol. The van der Waals surface area contributed by atoms with E-state index in [4.69, 9.17) is 4.84 Å². The standard InChI is InChI=1S/C13H14N2O3S.ClH/c1-14-9-5-6-11(10-14)13-15(18-13)19(16,17)12-7-3-2-4-8-12;/h2-9,13H,10H2,1H3;1H. The van der Waals surface area contributed by atoms with Crippen LogP contribution in [-0.4, -0.2) is 37.6 Å². The highest BCUT2D eigenvalue weighted by Crippen LogP contribution is 2.35. The van der Waals surface area contributed by atoms with Gasteiger partial charge in [-0.2, -0.15) is 0 Å². The van der Waals surface area contributed by atoms with E-state index in [1.807, 2.05) is 30.3 Å². The molecule has 5 nitrogen and oxygen atoms in total. The Balaban J connectivity index is 0.00000147. The van der Waals surface area contributed by atoms with Crippen LogP contribution in [0.4, 0.5) is 0 Å². The Kier molecular flexibility index (Phi) is 4.19. The van der Waals surface area contributed by atoms with E-state index in [1.165, 1.54) is 0 Å². The van der Waals surface area contributed by atoms with Crippen LogP contribution in [0.1, 0.15) is 0 Å². The molecule has 1 saturated heterocycles. The van der Waals surface area contributed by atoms with Gasteiger partial charge >= 0.3 is 0 Å². The van der Waals surface area contributed by atoms with Gasteiger partial charge in [0.15, 0.2) is 6.23 Å². The van der Waals surface area contributed by atoms with Gasteiger partial charge in [-0.15, -0.1) is 12.4 Å². The second kappa shape index (κ2) is 5.57. The summed E-state index contributed by atoms with van der Waals surface area (Å²) >= 11 is 0. The van der Waals surface area contributed by atoms with Crippen LogP contribution >= 0.6 is 12.4 Å². The Bertz CT molecular complexity index is 643. The molecule has 0 aliphatic carbocycles. The van der Waals surface area contributed by atoms with Crippen LogP contribution in [0.15, 0.2) is 59.2 Å². The van der Waals surface area contributed by atoms with Gasteiger partial charge in [0, 0.05) is 13.6 Å². The second-order valence-electron chi connectivity index (χ2n) is 4.53. The first kappa shape index (κ1) is 15.1. The Morgan fingerprint density at radius 2 is 1.95 bits per heavy atom. The second-order valence-corrected chi connectivity index (χ2v) is 6.31. The third-order valence-electron chi connectivity index (χ3n) is 3.03. The summed E-state index contributed by atoms with van der Waals surface area (Å²) in [5.41, 5.74) is 0.935. The lowest BCUT2D eigenvalue weighted by atomic mass is 10.2. The Morgan fingerprint density at radius 3 is 2.60 bits per heavy atom. The Labute approximate surface area is 124 Å². The lowest BCUT2D eigenvalue weighted by molar-refractivity contribution is 0.285. The molecule has 0 spiro atoms. The molecule has 0 aromatic heterocycles. The summed E-state index contributed by atoms with van der Waals surface area (Å²) in [4.78, 5) is 7.47. The van der Waals surface area contributed by atoms with Gasteiger partial charge in [0.2, 0.25) is 0 Å². The van der Waals surface area contributed by atoms with Crippen LogP contribution in [0.2, 0.25) is 0 Å². The van der Waals surface area contributed by atoms with Crippen molar-refractivity contribution in [3.63, 3.8) is 0 Å². The molecule has 108 valence electrons. The van der Waals surface area contributed by atoms with Gasteiger partial charge in [0.05, 0.1) is 4.90 Å². The summed E-state index contributed by atoms with van der Waals surface area (Å²) in [6.45, 7) is 0.669. The zero-order valence-electron chi connectivity index (χ0n) is 10.8. The van der Waals surface area contributed by atoms with Crippen LogP contribution in [0, 0.1) is 0 Å². The average Bonchev–Trinajstić information content (AvgIpc) is 3.21. The zero-order valence-corrected chi connectivity index (χ0v) is 12.5. The van der Waals surface area contributed by atoms with E-state index >= 15 is 0 Å². The highest BCUT2D eigenvalue weighted by atomic mass is 35.5. The summed E-state index contributed by atoms with van der Waals surface area (Å²) in [5, 5.41) is 0. The number of hydrogen-bond donors (Lipinski definition) is 0. The molecular weight excluding hydrogens is 300 g/mol. The van der Waals surface area contributed by atoms with Gasteiger partial charge in [0.25, 0.3) is 10.0 Å². The SMILES string of the molecule is CN1C=CC=C(C2ON2S(=O)(=O)c2ccccc2)C1.Cl. The van der Waals surface area contributed by atoms with Gasteiger partial charge in [-0.1, -0.05) is 24.3 Å². The number of likely N-dealkylation sites (N-methyl/N-ethyl adjacent to an activating group) is 1. The molecule has 0 radical (unpaired) electrons. The third-order valence-corrected chi connectivity index (χ3v) is 4.65. The first-order chi connectivity index (χ1) is 9.09. The number of hydrogen-bond acceptors (Lipinski definition) is 4. The third kappa shape index (κ3) is 2.73. The number of allylic oxidation sites excluding steroid dienone is 2. The van der Waals surface area contributed by atoms with Crippen LogP contribution in [0.25, 0.3) is 0 Å². The molecule has 1 aromatic rings. The van der Waals surface area contributed by atoms with Gasteiger partial charge in [-0.05, 0) is 34.5 Å². The lowest BCUT2D eigenvalue weighted by Gasteiger charge is -2.18. The predicted octanol–water partition coefficient (Wildman–Crippen LogP) is 1.76. The van der Waals surface area contributed by atoms with E-state index in [0.717, 1.165) is 10.0 Å². The Morgan fingerprint density at radius 1 is 1.25 bits per heavy atom. The quantitative estimate of drug-likeness (QED) is 0.798. The molecular formula is C13H15ClN2O3S. The number of nitrogens with zero attached hydrogens (tertiary/aromatic N) is 2. The fraction of sp³-hybridized carbons (Fsp3) is 0.231. The summed E-state index contributed by atoms with van der Waals surface area (Å²) in [7, 11) is -1.62. The molecule has 7 heteroatoms. The van der Waals surface area contributed by atoms with E-state index in [2.05, 4.69) is 0 Å². The lowest BCUT2D eigenvalue weighted by Crippen LogP contribution is -2.22. The van der Waals surface area contributed by atoms with Crippen molar-refractivity contribution in [2.45, 2.75) is 11.1 Å². The van der Waals surface area contributed by atoms with E-state index in [1.54, 1.807) is 30.3 Å². The van der Waals surface area contributed by atoms with Crippen molar-refractivity contribution in [3.05, 3.63) is 54.3 Å². The largest absolute Gasteiger partial charge is 0.376 e. The highest BCUT2D eigenvalue weighted by Gasteiger charge is 2.49. The van der Waals surface area contributed by atoms with E-state index in [9.17, 15) is 8.42 Å². The minimum atomic E-state index is -3.55. The van der Waals surface area contributed by atoms with Crippen molar-refractivity contribution < 1.29 is 13.3 Å². The van der Waals surface area contributed by atoms with Gasteiger partial charge in [-0.25, -0.2) is 8.42 Å². The van der Waals surface area contributed by atoms with Crippen molar-refractivity contribution in [2.24, 2.45) is 0 Å². The summed E-state index contributed by atoms with van der Waals surface area (Å²) in [6, 6.07) is 8.30. The van der Waals surface area contributed by atoms with Gasteiger partial charge < -0.3 is 4.90 Å². The topological polar surface area (TPSA) is 52.9 Å². The van der Waals surface area contributed by atoms with E-state index in [0.29, 0.717) is 6.54 Å². The molecule has 2 atom stereocenters. The number of rotatable bonds is 3. The molecule has 0 bridgehead atoms. The molecule has 2 heterocycles. The molecule has 3 rings (SSSR count). The van der Waals surface area contributed by atoms with Crippen molar-refractivity contribution in [2.75, 3.05) is 13.6 Å². The van der Waals surface area contributed by atoms with Crippen molar-refractivity contribution in [3.8, 4) is 0 Å². The first-order valence-electron chi connectivity index (χ1n) is 5.93. The maximum Gasteiger partial charge on any atom is 0.267 e. The monoisotopic (exact) mass is 314 g/mol. The smallest absolute Gasteiger partial charge is 0.267 e.